The van der Waals surface area contributed by atoms with Crippen molar-refractivity contribution in [3.63, 3.8) is 0 Å². The van der Waals surface area contributed by atoms with Crippen LogP contribution < -0.4 is 5.32 Å². The van der Waals surface area contributed by atoms with Gasteiger partial charge in [-0.1, -0.05) is 42.5 Å². The van der Waals surface area contributed by atoms with Crippen molar-refractivity contribution in [3.8, 4) is 5.75 Å². The Kier molecular flexibility index (Phi) is 5.89. The minimum absolute atomic E-state index is 0.127. The molecule has 0 amide bonds. The van der Waals surface area contributed by atoms with Crippen molar-refractivity contribution >= 4 is 0 Å². The van der Waals surface area contributed by atoms with Crippen LogP contribution >= 0.6 is 0 Å². The van der Waals surface area contributed by atoms with Gasteiger partial charge in [-0.25, -0.2) is 0 Å². The van der Waals surface area contributed by atoms with Crippen LogP contribution in [0.1, 0.15) is 42.7 Å². The number of aliphatic hydroxyl groups is 1. The van der Waals surface area contributed by atoms with Gasteiger partial charge in [0.2, 0.25) is 0 Å². The zero-order chi connectivity index (χ0) is 16.8. The predicted octanol–water partition coefficient (Wildman–Crippen LogP) is 3.61. The fourth-order valence-corrected chi connectivity index (χ4v) is 3.75. The summed E-state index contributed by atoms with van der Waals surface area (Å²) in [5, 5.41) is 22.7. The van der Waals surface area contributed by atoms with E-state index in [9.17, 15) is 10.2 Å². The summed E-state index contributed by atoms with van der Waals surface area (Å²) in [5.74, 6) is 0.922. The Balaban J connectivity index is 1.49. The molecule has 0 spiro atoms. The number of nitrogens with one attached hydrogen (secondary N) is 1. The van der Waals surface area contributed by atoms with Crippen LogP contribution in [0, 0.1) is 0 Å². The molecule has 1 fully saturated rings. The van der Waals surface area contributed by atoms with Crippen LogP contribution in [0.25, 0.3) is 0 Å². The molecule has 0 saturated heterocycles. The second-order valence-electron chi connectivity index (χ2n) is 6.88. The van der Waals surface area contributed by atoms with Crippen LogP contribution in [0.3, 0.4) is 0 Å². The third-order valence-corrected chi connectivity index (χ3v) is 5.11. The van der Waals surface area contributed by atoms with Crippen molar-refractivity contribution in [3.05, 3.63) is 65.7 Å². The van der Waals surface area contributed by atoms with Crippen molar-refractivity contribution in [2.45, 2.75) is 50.1 Å². The highest BCUT2D eigenvalue weighted by molar-refractivity contribution is 5.28. The Morgan fingerprint density at radius 2 is 1.58 bits per heavy atom. The smallest absolute Gasteiger partial charge is 0.115 e. The van der Waals surface area contributed by atoms with Gasteiger partial charge in [0, 0.05) is 12.1 Å². The summed E-state index contributed by atoms with van der Waals surface area (Å²) in [6, 6.07) is 18.6. The van der Waals surface area contributed by atoms with Crippen molar-refractivity contribution < 1.29 is 10.2 Å². The zero-order valence-electron chi connectivity index (χ0n) is 14.1. The van der Waals surface area contributed by atoms with E-state index in [0.29, 0.717) is 17.7 Å². The SMILES string of the molecule is OCC(Cc1ccccc1)NC1CCC(c2ccc(O)cc2)CC1. The molecule has 2 aromatic rings. The normalized spacial score (nSPS) is 22.2. The van der Waals surface area contributed by atoms with E-state index in [2.05, 4.69) is 17.4 Å². The predicted molar refractivity (Wildman–Crippen MR) is 97.3 cm³/mol. The molecule has 1 saturated carbocycles. The maximum atomic E-state index is 9.69. The molecule has 2 aromatic carbocycles. The molecule has 0 aromatic heterocycles. The van der Waals surface area contributed by atoms with E-state index in [1.165, 1.54) is 11.1 Å². The zero-order valence-corrected chi connectivity index (χ0v) is 14.1. The Labute approximate surface area is 144 Å². The summed E-state index contributed by atoms with van der Waals surface area (Å²) >= 11 is 0. The van der Waals surface area contributed by atoms with Crippen LogP contribution in [-0.2, 0) is 6.42 Å². The molecular formula is C21H27NO2. The van der Waals surface area contributed by atoms with Crippen LogP contribution in [0.4, 0.5) is 0 Å². The molecule has 1 atom stereocenters. The van der Waals surface area contributed by atoms with Crippen molar-refractivity contribution in [1.29, 1.82) is 0 Å². The average molecular weight is 325 g/mol. The summed E-state index contributed by atoms with van der Waals surface area (Å²) < 4.78 is 0. The number of hydrogen-bond acceptors (Lipinski definition) is 3. The monoisotopic (exact) mass is 325 g/mol. The average Bonchev–Trinajstić information content (AvgIpc) is 2.63. The number of phenols is 1. The van der Waals surface area contributed by atoms with E-state index in [-0.39, 0.29) is 12.6 Å². The maximum Gasteiger partial charge on any atom is 0.115 e. The van der Waals surface area contributed by atoms with Crippen molar-refractivity contribution in [2.24, 2.45) is 0 Å². The van der Waals surface area contributed by atoms with E-state index >= 15 is 0 Å². The van der Waals surface area contributed by atoms with Crippen LogP contribution in [-0.4, -0.2) is 28.9 Å². The summed E-state index contributed by atoms with van der Waals surface area (Å²) in [4.78, 5) is 0. The Morgan fingerprint density at radius 3 is 2.21 bits per heavy atom. The molecule has 0 heterocycles. The lowest BCUT2D eigenvalue weighted by Gasteiger charge is -2.32. The minimum Gasteiger partial charge on any atom is -0.508 e. The largest absolute Gasteiger partial charge is 0.508 e. The first-order valence-electron chi connectivity index (χ1n) is 8.94. The number of rotatable bonds is 6. The molecule has 24 heavy (non-hydrogen) atoms. The van der Waals surface area contributed by atoms with Crippen LogP contribution in [0.2, 0.25) is 0 Å². The molecule has 0 radical (unpaired) electrons. The number of hydrogen-bond donors (Lipinski definition) is 3. The van der Waals surface area contributed by atoms with Crippen molar-refractivity contribution in [1.82, 2.24) is 5.32 Å². The molecule has 0 bridgehead atoms. The first-order valence-corrected chi connectivity index (χ1v) is 8.94. The highest BCUT2D eigenvalue weighted by Crippen LogP contribution is 2.33. The van der Waals surface area contributed by atoms with Gasteiger partial charge in [-0.05, 0) is 61.3 Å². The van der Waals surface area contributed by atoms with Gasteiger partial charge in [0.15, 0.2) is 0 Å². The van der Waals surface area contributed by atoms with Crippen molar-refractivity contribution in [2.75, 3.05) is 6.61 Å². The van der Waals surface area contributed by atoms with Gasteiger partial charge in [0.25, 0.3) is 0 Å². The lowest BCUT2D eigenvalue weighted by atomic mass is 9.81. The molecule has 1 aliphatic rings. The summed E-state index contributed by atoms with van der Waals surface area (Å²) in [6.45, 7) is 0.173. The summed E-state index contributed by atoms with van der Waals surface area (Å²) in [7, 11) is 0. The fourth-order valence-electron chi connectivity index (χ4n) is 3.75. The van der Waals surface area contributed by atoms with E-state index in [4.69, 9.17) is 0 Å². The molecule has 1 aliphatic carbocycles. The van der Waals surface area contributed by atoms with E-state index < -0.39 is 0 Å². The molecule has 3 nitrogen and oxygen atoms in total. The van der Waals surface area contributed by atoms with Gasteiger partial charge in [-0.3, -0.25) is 0 Å². The highest BCUT2D eigenvalue weighted by atomic mass is 16.3. The van der Waals surface area contributed by atoms with E-state index in [0.717, 1.165) is 32.1 Å². The minimum atomic E-state index is 0.127. The quantitative estimate of drug-likeness (QED) is 0.760. The molecule has 0 aliphatic heterocycles. The number of phenolic OH excluding ortho intramolecular Hbond substituents is 1. The molecule has 1 unspecified atom stereocenters. The van der Waals surface area contributed by atoms with Gasteiger partial charge in [0.05, 0.1) is 6.61 Å². The Bertz CT molecular complexity index is 603. The molecule has 128 valence electrons. The third kappa shape index (κ3) is 4.59. The standard InChI is InChI=1S/C21H27NO2/c23-15-20(14-16-4-2-1-3-5-16)22-19-10-6-17(7-11-19)18-8-12-21(24)13-9-18/h1-5,8-9,12-13,17,19-20,22-24H,6-7,10-11,14-15H2. The van der Waals surface area contributed by atoms with Crippen LogP contribution in [0.5, 0.6) is 5.75 Å². The third-order valence-electron chi connectivity index (χ3n) is 5.11. The topological polar surface area (TPSA) is 52.5 Å². The fraction of sp³-hybridized carbons (Fsp3) is 0.429. The van der Waals surface area contributed by atoms with E-state index in [1.54, 1.807) is 12.1 Å². The first-order chi connectivity index (χ1) is 11.7. The summed E-state index contributed by atoms with van der Waals surface area (Å²) in [6.07, 6.45) is 5.46. The van der Waals surface area contributed by atoms with Gasteiger partial charge in [-0.15, -0.1) is 0 Å². The number of aromatic hydroxyl groups is 1. The lowest BCUT2D eigenvalue weighted by Crippen LogP contribution is -2.43. The van der Waals surface area contributed by atoms with E-state index in [1.807, 2.05) is 30.3 Å². The van der Waals surface area contributed by atoms with Gasteiger partial charge in [0.1, 0.15) is 5.75 Å². The second-order valence-corrected chi connectivity index (χ2v) is 6.88. The van der Waals surface area contributed by atoms with Gasteiger partial charge < -0.3 is 15.5 Å². The molecular weight excluding hydrogens is 298 g/mol. The maximum absolute atomic E-state index is 9.69. The first kappa shape index (κ1) is 17.0. The number of benzene rings is 2. The summed E-state index contributed by atoms with van der Waals surface area (Å²) in [5.41, 5.74) is 2.59. The van der Waals surface area contributed by atoms with Crippen LogP contribution in [0.15, 0.2) is 54.6 Å². The second kappa shape index (κ2) is 8.32. The lowest BCUT2D eigenvalue weighted by molar-refractivity contribution is 0.214. The van der Waals surface area contributed by atoms with Gasteiger partial charge in [-0.2, -0.15) is 0 Å². The highest BCUT2D eigenvalue weighted by Gasteiger charge is 2.24. The molecule has 3 N–H and O–H groups in total. The molecule has 3 rings (SSSR count). The van der Waals surface area contributed by atoms with Gasteiger partial charge >= 0.3 is 0 Å². The number of aliphatic hydroxyl groups excluding tert-OH is 1. The Morgan fingerprint density at radius 1 is 0.917 bits per heavy atom. The molecule has 3 heteroatoms. The Hall–Kier alpha value is -1.84.